The van der Waals surface area contributed by atoms with Gasteiger partial charge < -0.3 is 10.2 Å². The van der Waals surface area contributed by atoms with Gasteiger partial charge in [-0.1, -0.05) is 0 Å². The van der Waals surface area contributed by atoms with Crippen molar-refractivity contribution in [2.24, 2.45) is 0 Å². The Balaban J connectivity index is 0. The van der Waals surface area contributed by atoms with E-state index in [1.807, 2.05) is 0 Å². The molecule has 0 rings (SSSR count). The van der Waals surface area contributed by atoms with Crippen molar-refractivity contribution >= 4 is 11.8 Å². The monoisotopic (exact) mass is 160 g/mol. The van der Waals surface area contributed by atoms with Gasteiger partial charge in [0.1, 0.15) is 0 Å². The summed E-state index contributed by atoms with van der Waals surface area (Å²) in [7, 11) is 3.09. The summed E-state index contributed by atoms with van der Waals surface area (Å²) in [4.78, 5) is 23.0. The second kappa shape index (κ2) is 3.95. The molecular weight excluding hydrogens is 144 g/mol. The molecule has 0 aliphatic carbocycles. The van der Waals surface area contributed by atoms with E-state index < -0.39 is 11.8 Å². The first-order chi connectivity index (χ1) is 4.95. The van der Waals surface area contributed by atoms with Gasteiger partial charge in [0.05, 0.1) is 0 Å². The zero-order chi connectivity index (χ0) is 9.02. The van der Waals surface area contributed by atoms with Crippen LogP contribution in [0.25, 0.3) is 0 Å². The van der Waals surface area contributed by atoms with Crippen LogP contribution >= 0.6 is 0 Å². The summed E-state index contributed by atoms with van der Waals surface area (Å²) in [5, 5.41) is 2.49. The molecule has 0 atom stereocenters. The number of hydrogen-bond donors (Lipinski definition) is 1. The van der Waals surface area contributed by atoms with E-state index in [1.54, 1.807) is 27.9 Å². The zero-order valence-electron chi connectivity index (χ0n) is 7.34. The van der Waals surface area contributed by atoms with Crippen molar-refractivity contribution in [2.45, 2.75) is 19.9 Å². The number of carbonyl (C=O) groups excluding carboxylic acids is 2. The number of amides is 2. The second-order valence-corrected chi connectivity index (χ2v) is 2.83. The Kier molecular flexibility index (Phi) is 3.57. The van der Waals surface area contributed by atoms with Gasteiger partial charge in [0, 0.05) is 21.6 Å². The Hall–Kier alpha value is -1.06. The first-order valence-corrected chi connectivity index (χ1v) is 3.47. The van der Waals surface area contributed by atoms with Crippen molar-refractivity contribution in [2.75, 3.05) is 14.1 Å². The predicted molar refractivity (Wildman–Crippen MR) is 44.1 cm³/mol. The van der Waals surface area contributed by atoms with E-state index >= 15 is 0 Å². The van der Waals surface area contributed by atoms with Gasteiger partial charge in [-0.3, -0.25) is 9.59 Å². The molecule has 11 heavy (non-hydrogen) atoms. The summed E-state index contributed by atoms with van der Waals surface area (Å²) in [6, 6.07) is 0.00593. The molecule has 0 heterocycles. The fourth-order valence-corrected chi connectivity index (χ4v) is 0.527. The number of nitrogens with zero attached hydrogens (tertiary/aromatic N) is 1. The number of nitrogens with one attached hydrogen (secondary N) is 1. The van der Waals surface area contributed by atoms with Gasteiger partial charge in [0.2, 0.25) is 0 Å². The summed E-state index contributed by atoms with van der Waals surface area (Å²) in [5.41, 5.74) is 0. The van der Waals surface area contributed by atoms with Crippen LogP contribution in [0.5, 0.6) is 0 Å². The minimum Gasteiger partial charge on any atom is -0.346 e. The SMILES string of the molecule is CC(C)NC(=O)C(=O)N(C)C.[HH]. The van der Waals surface area contributed by atoms with E-state index in [2.05, 4.69) is 5.32 Å². The molecule has 0 saturated carbocycles. The smallest absolute Gasteiger partial charge is 0.311 e. The highest BCUT2D eigenvalue weighted by atomic mass is 16.2. The largest absolute Gasteiger partial charge is 0.346 e. The molecule has 0 radical (unpaired) electrons. The first-order valence-electron chi connectivity index (χ1n) is 3.47. The highest BCUT2D eigenvalue weighted by Gasteiger charge is 2.15. The van der Waals surface area contributed by atoms with E-state index in [1.165, 1.54) is 4.90 Å². The quantitative estimate of drug-likeness (QED) is 0.542. The topological polar surface area (TPSA) is 49.4 Å². The maximum Gasteiger partial charge on any atom is 0.311 e. The average molecular weight is 160 g/mol. The van der Waals surface area contributed by atoms with Gasteiger partial charge >= 0.3 is 11.8 Å². The molecule has 4 nitrogen and oxygen atoms in total. The van der Waals surface area contributed by atoms with E-state index in [4.69, 9.17) is 0 Å². The molecule has 0 spiro atoms. The van der Waals surface area contributed by atoms with Gasteiger partial charge in [-0.15, -0.1) is 0 Å². The van der Waals surface area contributed by atoms with Crippen molar-refractivity contribution in [3.8, 4) is 0 Å². The molecule has 0 unspecified atom stereocenters. The van der Waals surface area contributed by atoms with Crippen molar-refractivity contribution in [3.63, 3.8) is 0 Å². The third-order valence-electron chi connectivity index (χ3n) is 1.02. The third kappa shape index (κ3) is 3.60. The van der Waals surface area contributed by atoms with E-state index in [-0.39, 0.29) is 7.47 Å². The summed E-state index contributed by atoms with van der Waals surface area (Å²) < 4.78 is 0. The summed E-state index contributed by atoms with van der Waals surface area (Å²) in [5.74, 6) is -1.07. The molecule has 66 valence electrons. The number of likely N-dealkylation sites (N-methyl/N-ethyl adjacent to an activating group) is 1. The van der Waals surface area contributed by atoms with E-state index in [9.17, 15) is 9.59 Å². The van der Waals surface area contributed by atoms with Crippen LogP contribution in [0, 0.1) is 0 Å². The lowest BCUT2D eigenvalue weighted by molar-refractivity contribution is -0.144. The standard InChI is InChI=1S/C7H14N2O2.H2/c1-5(2)8-6(10)7(11)9(3)4;/h5H,1-4H3,(H,8,10);1H. The van der Waals surface area contributed by atoms with Gasteiger partial charge in [-0.2, -0.15) is 0 Å². The summed E-state index contributed by atoms with van der Waals surface area (Å²) in [6.45, 7) is 3.61. The van der Waals surface area contributed by atoms with E-state index in [0.29, 0.717) is 0 Å². The maximum absolute atomic E-state index is 10.9. The second-order valence-electron chi connectivity index (χ2n) is 2.83. The lowest BCUT2D eigenvalue weighted by Gasteiger charge is -2.11. The molecule has 0 aromatic carbocycles. The minimum atomic E-state index is -0.551. The summed E-state index contributed by atoms with van der Waals surface area (Å²) in [6.07, 6.45) is 0. The van der Waals surface area contributed by atoms with Crippen LogP contribution in [0.4, 0.5) is 0 Å². The van der Waals surface area contributed by atoms with Crippen molar-refractivity contribution in [3.05, 3.63) is 0 Å². The fourth-order valence-electron chi connectivity index (χ4n) is 0.527. The van der Waals surface area contributed by atoms with Crippen molar-refractivity contribution in [1.29, 1.82) is 0 Å². The molecule has 0 saturated heterocycles. The maximum atomic E-state index is 10.9. The zero-order valence-corrected chi connectivity index (χ0v) is 7.34. The Morgan fingerprint density at radius 1 is 1.36 bits per heavy atom. The van der Waals surface area contributed by atoms with Crippen LogP contribution in [0.1, 0.15) is 15.3 Å². The Bertz CT molecular complexity index is 169. The third-order valence-corrected chi connectivity index (χ3v) is 1.02. The summed E-state index contributed by atoms with van der Waals surface area (Å²) >= 11 is 0. The van der Waals surface area contributed by atoms with E-state index in [0.717, 1.165) is 0 Å². The molecule has 0 aliphatic rings. The lowest BCUT2D eigenvalue weighted by atomic mass is 10.4. The Morgan fingerprint density at radius 3 is 2.09 bits per heavy atom. The molecule has 1 N–H and O–H groups in total. The number of hydrogen-bond acceptors (Lipinski definition) is 2. The normalized spacial score (nSPS) is 9.55. The predicted octanol–water partition coefficient (Wildman–Crippen LogP) is -0.155. The molecule has 0 aliphatic heterocycles. The molecule has 0 aromatic rings. The van der Waals surface area contributed by atoms with Gasteiger partial charge in [-0.25, -0.2) is 0 Å². The first kappa shape index (κ1) is 9.94. The molecule has 0 aromatic heterocycles. The van der Waals surface area contributed by atoms with Crippen LogP contribution in [0.3, 0.4) is 0 Å². The van der Waals surface area contributed by atoms with Crippen LogP contribution in [0.15, 0.2) is 0 Å². The van der Waals surface area contributed by atoms with Crippen LogP contribution in [0.2, 0.25) is 0 Å². The number of carbonyl (C=O) groups is 2. The molecule has 0 fully saturated rings. The Morgan fingerprint density at radius 2 is 1.82 bits per heavy atom. The lowest BCUT2D eigenvalue weighted by Crippen LogP contribution is -2.42. The van der Waals surface area contributed by atoms with Crippen LogP contribution < -0.4 is 5.32 Å². The van der Waals surface area contributed by atoms with Crippen molar-refractivity contribution < 1.29 is 11.0 Å². The fraction of sp³-hybridized carbons (Fsp3) is 0.714. The molecule has 2 amide bonds. The molecule has 0 bridgehead atoms. The molecule has 4 heteroatoms. The average Bonchev–Trinajstić information content (AvgIpc) is 1.84. The van der Waals surface area contributed by atoms with Crippen molar-refractivity contribution in [1.82, 2.24) is 10.2 Å². The van der Waals surface area contributed by atoms with Gasteiger partial charge in [0.25, 0.3) is 0 Å². The highest BCUT2D eigenvalue weighted by Crippen LogP contribution is 1.81. The van der Waals surface area contributed by atoms with Crippen LogP contribution in [-0.4, -0.2) is 36.9 Å². The Labute approximate surface area is 68.0 Å². The van der Waals surface area contributed by atoms with Gasteiger partial charge in [0.15, 0.2) is 0 Å². The molecular formula is C7H16N2O2. The van der Waals surface area contributed by atoms with Crippen LogP contribution in [-0.2, 0) is 9.59 Å². The van der Waals surface area contributed by atoms with Gasteiger partial charge in [-0.05, 0) is 13.8 Å². The minimum absolute atomic E-state index is 0. The highest BCUT2D eigenvalue weighted by molar-refractivity contribution is 6.34. The number of rotatable bonds is 1.